The molecule has 0 saturated carbocycles. The average Bonchev–Trinajstić information content (AvgIpc) is 3.06. The first-order chi connectivity index (χ1) is 12.0. The van der Waals surface area contributed by atoms with Gasteiger partial charge >= 0.3 is 12.0 Å². The summed E-state index contributed by atoms with van der Waals surface area (Å²) >= 11 is 0. The molecule has 136 valence electrons. The van der Waals surface area contributed by atoms with E-state index in [0.29, 0.717) is 38.2 Å². The van der Waals surface area contributed by atoms with Gasteiger partial charge in [0, 0.05) is 32.1 Å². The number of para-hydroxylation sites is 1. The molecule has 1 aliphatic heterocycles. The van der Waals surface area contributed by atoms with Crippen LogP contribution < -0.4 is 15.4 Å². The number of aliphatic carboxylic acids is 1. The molecule has 1 saturated heterocycles. The van der Waals surface area contributed by atoms with E-state index in [1.54, 1.807) is 17.0 Å². The van der Waals surface area contributed by atoms with Crippen molar-refractivity contribution in [2.45, 2.75) is 25.3 Å². The van der Waals surface area contributed by atoms with Gasteiger partial charge < -0.3 is 25.4 Å². The van der Waals surface area contributed by atoms with E-state index in [2.05, 4.69) is 10.6 Å². The normalized spacial score (nSPS) is 16.3. The van der Waals surface area contributed by atoms with Crippen molar-refractivity contribution in [2.24, 2.45) is 0 Å². The van der Waals surface area contributed by atoms with Crippen LogP contribution in [0.15, 0.2) is 30.3 Å². The summed E-state index contributed by atoms with van der Waals surface area (Å²) in [7, 11) is 0. The Morgan fingerprint density at radius 1 is 1.24 bits per heavy atom. The molecule has 0 radical (unpaired) electrons. The number of benzene rings is 1. The lowest BCUT2D eigenvalue weighted by Gasteiger charge is -2.17. The van der Waals surface area contributed by atoms with Gasteiger partial charge in [-0.15, -0.1) is 0 Å². The van der Waals surface area contributed by atoms with Crippen molar-refractivity contribution in [2.75, 3.05) is 26.2 Å². The summed E-state index contributed by atoms with van der Waals surface area (Å²) in [5, 5.41) is 13.9. The van der Waals surface area contributed by atoms with E-state index >= 15 is 0 Å². The van der Waals surface area contributed by atoms with Gasteiger partial charge in [-0.25, -0.2) is 4.79 Å². The lowest BCUT2D eigenvalue weighted by atomic mass is 10.3. The van der Waals surface area contributed by atoms with Gasteiger partial charge in [-0.1, -0.05) is 18.2 Å². The number of hydrogen-bond acceptors (Lipinski definition) is 4. The molecule has 0 spiro atoms. The summed E-state index contributed by atoms with van der Waals surface area (Å²) in [4.78, 5) is 35.9. The predicted molar refractivity (Wildman–Crippen MR) is 90.3 cm³/mol. The highest BCUT2D eigenvalue weighted by Crippen LogP contribution is 2.12. The molecule has 3 N–H and O–H groups in total. The van der Waals surface area contributed by atoms with Crippen LogP contribution in [0.1, 0.15) is 19.3 Å². The van der Waals surface area contributed by atoms with Gasteiger partial charge in [0.2, 0.25) is 0 Å². The third kappa shape index (κ3) is 6.70. The molecule has 8 heteroatoms. The molecule has 1 aromatic carbocycles. The summed E-state index contributed by atoms with van der Waals surface area (Å²) in [5.41, 5.74) is 0. The van der Waals surface area contributed by atoms with E-state index in [0.717, 1.165) is 0 Å². The van der Waals surface area contributed by atoms with E-state index in [1.807, 2.05) is 18.2 Å². The van der Waals surface area contributed by atoms with E-state index in [4.69, 9.17) is 9.84 Å². The van der Waals surface area contributed by atoms with E-state index in [-0.39, 0.29) is 31.0 Å². The Labute approximate surface area is 146 Å². The number of likely N-dealkylation sites (tertiary alicyclic amines) is 1. The number of rotatable bonds is 8. The number of carbonyl (C=O) groups excluding carboxylic acids is 2. The van der Waals surface area contributed by atoms with E-state index in [1.165, 1.54) is 0 Å². The van der Waals surface area contributed by atoms with Crippen LogP contribution in [0.4, 0.5) is 4.79 Å². The zero-order valence-corrected chi connectivity index (χ0v) is 13.9. The van der Waals surface area contributed by atoms with Gasteiger partial charge in [-0.3, -0.25) is 9.59 Å². The third-order valence-corrected chi connectivity index (χ3v) is 3.83. The molecule has 1 fully saturated rings. The van der Waals surface area contributed by atoms with Crippen molar-refractivity contribution in [3.63, 3.8) is 0 Å². The zero-order chi connectivity index (χ0) is 18.1. The van der Waals surface area contributed by atoms with Crippen LogP contribution in [0, 0.1) is 0 Å². The molecule has 1 aliphatic rings. The van der Waals surface area contributed by atoms with E-state index in [9.17, 15) is 14.4 Å². The molecular weight excluding hydrogens is 326 g/mol. The number of carboxylic acids is 1. The third-order valence-electron chi connectivity index (χ3n) is 3.83. The Balaban J connectivity index is 1.64. The molecule has 8 nitrogen and oxygen atoms in total. The minimum Gasteiger partial charge on any atom is -0.484 e. The molecular formula is C17H23N3O5. The highest BCUT2D eigenvalue weighted by Gasteiger charge is 2.27. The fourth-order valence-electron chi connectivity index (χ4n) is 2.54. The topological polar surface area (TPSA) is 108 Å². The quantitative estimate of drug-likeness (QED) is 0.603. The maximum atomic E-state index is 12.1. The van der Waals surface area contributed by atoms with Gasteiger partial charge in [0.1, 0.15) is 5.75 Å². The molecule has 0 aromatic heterocycles. The maximum absolute atomic E-state index is 12.1. The Hall–Kier alpha value is -2.77. The lowest BCUT2D eigenvalue weighted by Crippen LogP contribution is -2.44. The van der Waals surface area contributed by atoms with Crippen molar-refractivity contribution < 1.29 is 24.2 Å². The van der Waals surface area contributed by atoms with Gasteiger partial charge in [0.15, 0.2) is 6.61 Å². The number of nitrogens with one attached hydrogen (secondary N) is 2. The highest BCUT2D eigenvalue weighted by molar-refractivity contribution is 5.78. The molecule has 1 aromatic rings. The summed E-state index contributed by atoms with van der Waals surface area (Å²) in [6.45, 7) is 1.29. The summed E-state index contributed by atoms with van der Waals surface area (Å²) in [6.07, 6.45) is 1.09. The number of ether oxygens (including phenoxy) is 1. The first kappa shape index (κ1) is 18.6. The first-order valence-corrected chi connectivity index (χ1v) is 8.26. The monoisotopic (exact) mass is 349 g/mol. The van der Waals surface area contributed by atoms with E-state index < -0.39 is 5.97 Å². The molecule has 1 heterocycles. The molecule has 1 unspecified atom stereocenters. The maximum Gasteiger partial charge on any atom is 0.315 e. The van der Waals surface area contributed by atoms with Crippen molar-refractivity contribution in [1.82, 2.24) is 15.5 Å². The van der Waals surface area contributed by atoms with Crippen molar-refractivity contribution in [3.05, 3.63) is 30.3 Å². The van der Waals surface area contributed by atoms with Gasteiger partial charge in [0.05, 0.1) is 0 Å². The summed E-state index contributed by atoms with van der Waals surface area (Å²) in [6, 6.07) is 8.67. The second-order valence-electron chi connectivity index (χ2n) is 5.82. The predicted octanol–water partition coefficient (Wildman–Crippen LogP) is 0.830. The number of hydrogen-bond donors (Lipinski definition) is 3. The fourth-order valence-corrected chi connectivity index (χ4v) is 2.54. The number of nitrogens with zero attached hydrogens (tertiary/aromatic N) is 1. The molecule has 0 aliphatic carbocycles. The average molecular weight is 349 g/mol. The highest BCUT2D eigenvalue weighted by atomic mass is 16.5. The van der Waals surface area contributed by atoms with Crippen molar-refractivity contribution in [1.29, 1.82) is 0 Å². The van der Waals surface area contributed by atoms with Crippen molar-refractivity contribution >= 4 is 17.9 Å². The van der Waals surface area contributed by atoms with Crippen LogP contribution in [0.5, 0.6) is 5.75 Å². The first-order valence-electron chi connectivity index (χ1n) is 8.26. The van der Waals surface area contributed by atoms with Crippen LogP contribution in [-0.4, -0.2) is 60.2 Å². The molecule has 25 heavy (non-hydrogen) atoms. The zero-order valence-electron chi connectivity index (χ0n) is 13.9. The molecule has 1 atom stereocenters. The standard InChI is InChI=1S/C17H23N3O5/c21-15(12-25-14-5-2-1-3-6-14)20-10-8-13(11-20)19-17(24)18-9-4-7-16(22)23/h1-3,5-6,13H,4,7-12H2,(H,22,23)(H2,18,19,24). The Kier molecular flexibility index (Phi) is 7.06. The molecule has 0 bridgehead atoms. The minimum atomic E-state index is -0.884. The largest absolute Gasteiger partial charge is 0.484 e. The Morgan fingerprint density at radius 3 is 2.72 bits per heavy atom. The van der Waals surface area contributed by atoms with Crippen molar-refractivity contribution in [3.8, 4) is 5.75 Å². The number of amides is 3. The van der Waals surface area contributed by atoms with Gasteiger partial charge in [0.25, 0.3) is 5.91 Å². The van der Waals surface area contributed by atoms with Crippen LogP contribution in [0.25, 0.3) is 0 Å². The van der Waals surface area contributed by atoms with Gasteiger partial charge in [-0.05, 0) is 25.0 Å². The number of carboxylic acid groups (broad SMARTS) is 1. The summed E-state index contributed by atoms with van der Waals surface area (Å²) < 4.78 is 5.44. The fraction of sp³-hybridized carbons (Fsp3) is 0.471. The second-order valence-corrected chi connectivity index (χ2v) is 5.82. The summed E-state index contributed by atoms with van der Waals surface area (Å²) in [5.74, 6) is -0.356. The smallest absolute Gasteiger partial charge is 0.315 e. The number of carbonyl (C=O) groups is 3. The van der Waals surface area contributed by atoms with Crippen LogP contribution in [0.2, 0.25) is 0 Å². The molecule has 3 amide bonds. The van der Waals surface area contributed by atoms with Crippen LogP contribution in [0.3, 0.4) is 0 Å². The van der Waals surface area contributed by atoms with Crippen LogP contribution in [-0.2, 0) is 9.59 Å². The SMILES string of the molecule is O=C(O)CCCNC(=O)NC1CCN(C(=O)COc2ccccc2)C1. The Bertz CT molecular complexity index is 593. The lowest BCUT2D eigenvalue weighted by molar-refractivity contribution is -0.137. The van der Waals surface area contributed by atoms with Gasteiger partial charge in [-0.2, -0.15) is 0 Å². The minimum absolute atomic E-state index is 0.0212. The molecule has 2 rings (SSSR count). The Morgan fingerprint density at radius 2 is 2.00 bits per heavy atom. The van der Waals surface area contributed by atoms with Crippen LogP contribution >= 0.6 is 0 Å². The second kappa shape index (κ2) is 9.51. The number of urea groups is 1.